The summed E-state index contributed by atoms with van der Waals surface area (Å²) >= 11 is -1.87. The zero-order valence-electron chi connectivity index (χ0n) is 13.7. The zero-order valence-corrected chi connectivity index (χ0v) is 16.9. The summed E-state index contributed by atoms with van der Waals surface area (Å²) in [7, 11) is 14.1. The molecule has 0 spiro atoms. The minimum atomic E-state index is -1.87. The van der Waals surface area contributed by atoms with E-state index in [0.29, 0.717) is 0 Å². The average molecular weight is 443 g/mol. The van der Waals surface area contributed by atoms with Crippen LogP contribution in [0.4, 0.5) is 0 Å². The maximum atomic E-state index is 6.05. The second kappa shape index (κ2) is 8.96. The molecule has 0 saturated carbocycles. The van der Waals surface area contributed by atoms with Gasteiger partial charge in [0.25, 0.3) is 0 Å². The van der Waals surface area contributed by atoms with Gasteiger partial charge >= 0.3 is 152 Å². The summed E-state index contributed by atoms with van der Waals surface area (Å²) in [4.78, 5) is 0. The molecule has 128 valence electrons. The number of nitrogens with zero attached hydrogens (tertiary/aromatic N) is 2. The van der Waals surface area contributed by atoms with E-state index in [2.05, 4.69) is 40.0 Å². The van der Waals surface area contributed by atoms with Crippen LogP contribution in [0.15, 0.2) is 36.9 Å². The van der Waals surface area contributed by atoms with E-state index in [4.69, 9.17) is 24.1 Å². The molecular formula is C17H23Cl2N2ORu+. The molecule has 0 fully saturated rings. The van der Waals surface area contributed by atoms with Gasteiger partial charge in [-0.2, -0.15) is 0 Å². The number of hydrogen-bond acceptors (Lipinski definition) is 1. The van der Waals surface area contributed by atoms with Crippen LogP contribution in [-0.4, -0.2) is 15.3 Å². The quantitative estimate of drug-likeness (QED) is 0.470. The Morgan fingerprint density at radius 3 is 2.74 bits per heavy atom. The molecular weight excluding hydrogens is 420 g/mol. The molecule has 0 aliphatic rings. The summed E-state index contributed by atoms with van der Waals surface area (Å²) < 4.78 is 12.1. The molecule has 2 rings (SSSR count). The van der Waals surface area contributed by atoms with Crippen LogP contribution >= 0.6 is 19.4 Å². The van der Waals surface area contributed by atoms with E-state index in [0.717, 1.165) is 30.7 Å². The monoisotopic (exact) mass is 443 g/mol. The SMILES string of the molecule is CC(C)Oc1ccc(CCCn2cc[n+](C)c2)cc1[CH]=[Ru]([Cl])[Cl]. The maximum absolute atomic E-state index is 6.05. The van der Waals surface area contributed by atoms with Crippen molar-refractivity contribution >= 4 is 24.0 Å². The first-order valence-corrected chi connectivity index (χ1v) is 13.1. The molecule has 0 atom stereocenters. The Hall–Kier alpha value is -0.697. The van der Waals surface area contributed by atoms with E-state index < -0.39 is 13.5 Å². The van der Waals surface area contributed by atoms with Crippen LogP contribution in [0.1, 0.15) is 31.4 Å². The number of aryl methyl sites for hydroxylation is 3. The fourth-order valence-electron chi connectivity index (χ4n) is 2.38. The summed E-state index contributed by atoms with van der Waals surface area (Å²) in [5.74, 6) is 0.862. The van der Waals surface area contributed by atoms with Crippen molar-refractivity contribution in [1.29, 1.82) is 0 Å². The van der Waals surface area contributed by atoms with Gasteiger partial charge in [-0.05, 0) is 0 Å². The van der Waals surface area contributed by atoms with Crippen LogP contribution < -0.4 is 9.30 Å². The summed E-state index contributed by atoms with van der Waals surface area (Å²) in [6, 6.07) is 6.31. The Morgan fingerprint density at radius 1 is 1.35 bits per heavy atom. The van der Waals surface area contributed by atoms with Crippen LogP contribution in [0.2, 0.25) is 0 Å². The number of imidazole rings is 1. The van der Waals surface area contributed by atoms with Gasteiger partial charge in [0.1, 0.15) is 0 Å². The first-order valence-electron chi connectivity index (χ1n) is 7.58. The number of rotatable bonds is 7. The molecule has 0 bridgehead atoms. The van der Waals surface area contributed by atoms with Crippen LogP contribution in [0.25, 0.3) is 0 Å². The van der Waals surface area contributed by atoms with Gasteiger partial charge in [-0.3, -0.25) is 0 Å². The fraction of sp³-hybridized carbons (Fsp3) is 0.412. The Kier molecular flexibility index (Phi) is 7.26. The first kappa shape index (κ1) is 18.6. The van der Waals surface area contributed by atoms with Crippen molar-refractivity contribution in [2.45, 2.75) is 39.3 Å². The molecule has 0 unspecified atom stereocenters. The molecule has 0 aliphatic heterocycles. The van der Waals surface area contributed by atoms with Gasteiger partial charge in [0.05, 0.1) is 0 Å². The Bertz CT molecular complexity index is 679. The summed E-state index contributed by atoms with van der Waals surface area (Å²) in [5, 5.41) is 0. The van der Waals surface area contributed by atoms with E-state index in [1.165, 1.54) is 5.56 Å². The third-order valence-electron chi connectivity index (χ3n) is 3.33. The number of halogens is 2. The summed E-state index contributed by atoms with van der Waals surface area (Å²) in [6.45, 7) is 5.05. The predicted octanol–water partition coefficient (Wildman–Crippen LogP) is 3.81. The third kappa shape index (κ3) is 6.37. The van der Waals surface area contributed by atoms with Gasteiger partial charge in [0, 0.05) is 0 Å². The van der Waals surface area contributed by atoms with Crippen molar-refractivity contribution in [3.05, 3.63) is 48.0 Å². The molecule has 0 aliphatic carbocycles. The van der Waals surface area contributed by atoms with Gasteiger partial charge in [-0.15, -0.1) is 0 Å². The predicted molar refractivity (Wildman–Crippen MR) is 93.0 cm³/mol. The van der Waals surface area contributed by atoms with Crippen molar-refractivity contribution < 1.29 is 22.8 Å². The second-order valence-corrected chi connectivity index (χ2v) is 11.5. The summed E-state index contributed by atoms with van der Waals surface area (Å²) in [6.07, 6.45) is 8.47. The van der Waals surface area contributed by atoms with Crippen LogP contribution in [0.5, 0.6) is 5.75 Å². The van der Waals surface area contributed by atoms with Crippen molar-refractivity contribution in [2.24, 2.45) is 7.05 Å². The molecule has 2 aromatic rings. The van der Waals surface area contributed by atoms with Crippen molar-refractivity contribution in [2.75, 3.05) is 0 Å². The van der Waals surface area contributed by atoms with Crippen molar-refractivity contribution in [3.8, 4) is 5.75 Å². The molecule has 0 saturated heterocycles. The molecule has 0 amide bonds. The van der Waals surface area contributed by atoms with Gasteiger partial charge in [-0.25, -0.2) is 0 Å². The van der Waals surface area contributed by atoms with Gasteiger partial charge in [-0.1, -0.05) is 0 Å². The Labute approximate surface area is 151 Å². The average Bonchev–Trinajstić information content (AvgIpc) is 2.86. The summed E-state index contributed by atoms with van der Waals surface area (Å²) in [5.41, 5.74) is 2.31. The van der Waals surface area contributed by atoms with Crippen molar-refractivity contribution in [3.63, 3.8) is 0 Å². The van der Waals surface area contributed by atoms with Crippen molar-refractivity contribution in [1.82, 2.24) is 4.57 Å². The molecule has 6 heteroatoms. The Balaban J connectivity index is 2.05. The Morgan fingerprint density at radius 2 is 2.13 bits per heavy atom. The normalized spacial score (nSPS) is 11.7. The number of benzene rings is 1. The van der Waals surface area contributed by atoms with E-state index >= 15 is 0 Å². The molecule has 1 aromatic carbocycles. The number of hydrogen-bond donors (Lipinski definition) is 0. The second-order valence-electron chi connectivity index (χ2n) is 5.77. The van der Waals surface area contributed by atoms with Crippen LogP contribution in [0.3, 0.4) is 0 Å². The van der Waals surface area contributed by atoms with Gasteiger partial charge in [0.15, 0.2) is 0 Å². The minimum absolute atomic E-state index is 0.133. The molecule has 3 nitrogen and oxygen atoms in total. The third-order valence-corrected chi connectivity index (χ3v) is 5.16. The first-order chi connectivity index (χ1) is 10.9. The fourth-order valence-corrected chi connectivity index (χ4v) is 4.16. The number of aromatic nitrogens is 2. The van der Waals surface area contributed by atoms with Crippen LogP contribution in [-0.2, 0) is 33.5 Å². The molecule has 23 heavy (non-hydrogen) atoms. The molecule has 0 radical (unpaired) electrons. The van der Waals surface area contributed by atoms with Gasteiger partial charge in [0.2, 0.25) is 0 Å². The van der Waals surface area contributed by atoms with E-state index in [-0.39, 0.29) is 6.10 Å². The van der Waals surface area contributed by atoms with Gasteiger partial charge < -0.3 is 0 Å². The molecule has 1 heterocycles. The van der Waals surface area contributed by atoms with Crippen LogP contribution in [0, 0.1) is 0 Å². The van der Waals surface area contributed by atoms with E-state index in [1.807, 2.05) is 31.6 Å². The van der Waals surface area contributed by atoms with E-state index in [9.17, 15) is 0 Å². The van der Waals surface area contributed by atoms with E-state index in [1.54, 1.807) is 0 Å². The molecule has 1 aromatic heterocycles. The topological polar surface area (TPSA) is 18.0 Å². The zero-order chi connectivity index (χ0) is 16.8. The number of ether oxygens (including phenoxy) is 1. The standard InChI is InChI=1S/C17H23N2O.2ClH.Ru/c1-14(2)20-17-8-7-16(12-15(17)3)6-5-9-19-11-10-18(4)13-19;;;/h3,7-8,10-14H,5-6,9H2,1-2,4H3;2*1H;/q+1;;;+2/p-2. The molecule has 0 N–H and O–H groups in total.